The minimum Gasteiger partial charge on any atom is -0.387 e. The van der Waals surface area contributed by atoms with Crippen LogP contribution in [0.25, 0.3) is 0 Å². The van der Waals surface area contributed by atoms with Crippen LogP contribution in [0.15, 0.2) is 24.3 Å². The first-order valence-corrected chi connectivity index (χ1v) is 33.7. The molecule has 8 nitrogen and oxygen atoms in total. The van der Waals surface area contributed by atoms with Crippen LogP contribution in [-0.4, -0.2) is 73.4 Å². The van der Waals surface area contributed by atoms with Gasteiger partial charge in [0.2, 0.25) is 5.91 Å². The molecule has 0 rings (SSSR count). The zero-order chi connectivity index (χ0) is 53.5. The number of hydrogen-bond donors (Lipinski definition) is 3. The molecular formula is C64H128N2O6P+. The van der Waals surface area contributed by atoms with Gasteiger partial charge in [-0.05, 0) is 32.1 Å². The minimum absolute atomic E-state index is 0.0588. The van der Waals surface area contributed by atoms with Crippen molar-refractivity contribution in [1.29, 1.82) is 0 Å². The summed E-state index contributed by atoms with van der Waals surface area (Å²) >= 11 is 0. The summed E-state index contributed by atoms with van der Waals surface area (Å²) in [6.07, 6.45) is 71.8. The van der Waals surface area contributed by atoms with Crippen molar-refractivity contribution in [2.75, 3.05) is 40.9 Å². The second-order valence-corrected chi connectivity index (χ2v) is 24.9. The molecule has 0 bridgehead atoms. The fourth-order valence-electron chi connectivity index (χ4n) is 9.89. The van der Waals surface area contributed by atoms with Crippen LogP contribution in [0, 0.1) is 0 Å². The molecule has 73 heavy (non-hydrogen) atoms. The fourth-order valence-corrected chi connectivity index (χ4v) is 10.6. The third-order valence-electron chi connectivity index (χ3n) is 14.9. The lowest BCUT2D eigenvalue weighted by Gasteiger charge is -2.25. The molecule has 3 unspecified atom stereocenters. The van der Waals surface area contributed by atoms with Gasteiger partial charge in [-0.25, -0.2) is 4.57 Å². The van der Waals surface area contributed by atoms with Gasteiger partial charge in [-0.15, -0.1) is 0 Å². The quantitative estimate of drug-likeness (QED) is 0.0243. The number of quaternary nitrogens is 1. The lowest BCUT2D eigenvalue weighted by Crippen LogP contribution is -2.45. The number of nitrogens with zero attached hydrogens (tertiary/aromatic N) is 1. The number of likely N-dealkylation sites (N-methyl/N-ethyl adjacent to an activating group) is 1. The van der Waals surface area contributed by atoms with Gasteiger partial charge >= 0.3 is 7.82 Å². The smallest absolute Gasteiger partial charge is 0.387 e. The van der Waals surface area contributed by atoms with Crippen LogP contribution in [0.5, 0.6) is 0 Å². The first kappa shape index (κ1) is 72.0. The third kappa shape index (κ3) is 58.5. The van der Waals surface area contributed by atoms with Crippen LogP contribution in [-0.2, 0) is 18.4 Å². The van der Waals surface area contributed by atoms with E-state index in [9.17, 15) is 19.4 Å². The Kier molecular flexibility index (Phi) is 54.9. The van der Waals surface area contributed by atoms with E-state index in [1.165, 1.54) is 270 Å². The number of nitrogens with one attached hydrogen (secondary N) is 1. The van der Waals surface area contributed by atoms with Crippen LogP contribution >= 0.6 is 7.82 Å². The van der Waals surface area contributed by atoms with Crippen LogP contribution in [0.2, 0.25) is 0 Å². The van der Waals surface area contributed by atoms with E-state index in [-0.39, 0.29) is 19.1 Å². The van der Waals surface area contributed by atoms with Gasteiger partial charge in [0.05, 0.1) is 39.9 Å². The zero-order valence-corrected chi connectivity index (χ0v) is 50.5. The van der Waals surface area contributed by atoms with Crippen LogP contribution in [0.4, 0.5) is 0 Å². The van der Waals surface area contributed by atoms with Crippen LogP contribution in [0.3, 0.4) is 0 Å². The molecular weight excluding hydrogens is 924 g/mol. The average Bonchev–Trinajstić information content (AvgIpc) is 3.35. The highest BCUT2D eigenvalue weighted by Gasteiger charge is 2.27. The van der Waals surface area contributed by atoms with Crippen molar-refractivity contribution in [3.63, 3.8) is 0 Å². The SMILES string of the molecule is CCCCCCCCCCCCC/C=C/CC/C=C/C(O)C(COP(=O)(O)OCC[N+](C)(C)C)NC(=O)CCCCCCCCCCCCCCCCCCCCCCCCCCCCCCCCCCCC. The first-order chi connectivity index (χ1) is 35.5. The fraction of sp³-hybridized carbons (Fsp3) is 0.922. The van der Waals surface area contributed by atoms with E-state index in [1.807, 2.05) is 27.2 Å². The molecule has 0 aromatic heterocycles. The van der Waals surface area contributed by atoms with E-state index < -0.39 is 20.0 Å². The van der Waals surface area contributed by atoms with E-state index in [1.54, 1.807) is 6.08 Å². The van der Waals surface area contributed by atoms with E-state index >= 15 is 0 Å². The lowest BCUT2D eigenvalue weighted by molar-refractivity contribution is -0.870. The van der Waals surface area contributed by atoms with Crippen molar-refractivity contribution in [3.8, 4) is 0 Å². The average molecular weight is 1050 g/mol. The Labute approximate surface area is 455 Å². The number of allylic oxidation sites excluding steroid dienone is 3. The number of rotatable bonds is 60. The highest BCUT2D eigenvalue weighted by Crippen LogP contribution is 2.43. The molecule has 0 aromatic carbocycles. The van der Waals surface area contributed by atoms with Crippen molar-refractivity contribution >= 4 is 13.7 Å². The topological polar surface area (TPSA) is 105 Å². The van der Waals surface area contributed by atoms with Crippen LogP contribution < -0.4 is 5.32 Å². The summed E-state index contributed by atoms with van der Waals surface area (Å²) in [7, 11) is 1.57. The molecule has 0 aliphatic rings. The molecule has 0 heterocycles. The molecule has 0 saturated heterocycles. The molecule has 3 atom stereocenters. The summed E-state index contributed by atoms with van der Waals surface area (Å²) in [6.45, 7) is 4.84. The van der Waals surface area contributed by atoms with Gasteiger partial charge in [0, 0.05) is 6.42 Å². The predicted molar refractivity (Wildman–Crippen MR) is 318 cm³/mol. The Morgan fingerprint density at radius 2 is 0.753 bits per heavy atom. The highest BCUT2D eigenvalue weighted by atomic mass is 31.2. The van der Waals surface area contributed by atoms with Crippen molar-refractivity contribution in [3.05, 3.63) is 24.3 Å². The Bertz CT molecular complexity index is 1240. The van der Waals surface area contributed by atoms with E-state index in [4.69, 9.17) is 9.05 Å². The number of hydrogen-bond acceptors (Lipinski definition) is 5. The maximum Gasteiger partial charge on any atom is 0.472 e. The van der Waals surface area contributed by atoms with Crippen molar-refractivity contribution < 1.29 is 32.9 Å². The van der Waals surface area contributed by atoms with Gasteiger partial charge in [0.25, 0.3) is 0 Å². The van der Waals surface area contributed by atoms with Gasteiger partial charge in [-0.3, -0.25) is 13.8 Å². The largest absolute Gasteiger partial charge is 0.472 e. The molecule has 0 radical (unpaired) electrons. The summed E-state index contributed by atoms with van der Waals surface area (Å²) in [5.41, 5.74) is 0. The summed E-state index contributed by atoms with van der Waals surface area (Å²) in [4.78, 5) is 23.3. The van der Waals surface area contributed by atoms with Gasteiger partial charge in [0.15, 0.2) is 0 Å². The maximum absolute atomic E-state index is 13.0. The Hall–Kier alpha value is -1.02. The zero-order valence-electron chi connectivity index (χ0n) is 49.7. The first-order valence-electron chi connectivity index (χ1n) is 32.2. The third-order valence-corrected chi connectivity index (χ3v) is 15.9. The lowest BCUT2D eigenvalue weighted by atomic mass is 10.0. The van der Waals surface area contributed by atoms with Gasteiger partial charge in [-0.1, -0.05) is 314 Å². The number of aliphatic hydroxyl groups is 1. The number of amides is 1. The molecule has 0 aromatic rings. The Morgan fingerprint density at radius 3 is 1.10 bits per heavy atom. The predicted octanol–water partition coefficient (Wildman–Crippen LogP) is 19.9. The molecule has 0 spiro atoms. The minimum atomic E-state index is -4.35. The monoisotopic (exact) mass is 1050 g/mol. The summed E-state index contributed by atoms with van der Waals surface area (Å²) < 4.78 is 23.7. The molecule has 0 aliphatic carbocycles. The van der Waals surface area contributed by atoms with Gasteiger partial charge in [0.1, 0.15) is 13.2 Å². The number of unbranched alkanes of at least 4 members (excludes halogenated alkanes) is 45. The van der Waals surface area contributed by atoms with Crippen molar-refractivity contribution in [2.45, 2.75) is 341 Å². The molecule has 1 amide bonds. The normalized spacial score (nSPS) is 13.9. The van der Waals surface area contributed by atoms with Gasteiger partial charge in [-0.2, -0.15) is 0 Å². The number of carbonyl (C=O) groups excluding carboxylic acids is 1. The molecule has 9 heteroatoms. The maximum atomic E-state index is 13.0. The molecule has 3 N–H and O–H groups in total. The molecule has 0 saturated carbocycles. The molecule has 0 fully saturated rings. The summed E-state index contributed by atoms with van der Waals surface area (Å²) in [5, 5.41) is 13.9. The van der Waals surface area contributed by atoms with Crippen molar-refractivity contribution in [1.82, 2.24) is 5.32 Å². The molecule has 434 valence electrons. The second-order valence-electron chi connectivity index (χ2n) is 23.5. The Morgan fingerprint density at radius 1 is 0.452 bits per heavy atom. The van der Waals surface area contributed by atoms with E-state index in [0.29, 0.717) is 17.4 Å². The summed E-state index contributed by atoms with van der Waals surface area (Å²) in [5.74, 6) is -0.180. The summed E-state index contributed by atoms with van der Waals surface area (Å²) in [6, 6.07) is -0.860. The van der Waals surface area contributed by atoms with Crippen LogP contribution in [0.1, 0.15) is 328 Å². The Balaban J connectivity index is 3.99. The standard InChI is InChI=1S/C64H127N2O6P/c1-6-8-10-12-14-16-18-20-22-24-25-26-27-28-29-30-31-32-33-34-35-36-37-38-39-40-42-44-46-48-50-52-54-56-58-64(68)65-62(61-72-73(69,70)71-60-59-66(3,4)5)63(67)57-55-53-51-49-47-45-43-41-23-21-19-17-15-13-11-9-7-2/h47,49,55,57,62-63,67H,6-46,48,50-54,56,58-61H2,1-5H3,(H-,65,68,69,70)/p+1/b49-47+,57-55+. The number of aliphatic hydroxyl groups excluding tert-OH is 1. The second kappa shape index (κ2) is 55.7. The van der Waals surface area contributed by atoms with Crippen molar-refractivity contribution in [2.24, 2.45) is 0 Å². The number of carbonyl (C=O) groups is 1. The number of phosphoric ester groups is 1. The van der Waals surface area contributed by atoms with E-state index in [0.717, 1.165) is 38.5 Å². The molecule has 0 aliphatic heterocycles. The van der Waals surface area contributed by atoms with E-state index in [2.05, 4.69) is 31.3 Å². The van der Waals surface area contributed by atoms with Gasteiger partial charge < -0.3 is 19.8 Å². The highest BCUT2D eigenvalue weighted by molar-refractivity contribution is 7.47. The number of phosphoric acid groups is 1.